The van der Waals surface area contributed by atoms with Crippen LogP contribution in [0.3, 0.4) is 0 Å². The maximum atomic E-state index is 13.1. The number of hydrogen-bond acceptors (Lipinski definition) is 2. The molecule has 0 amide bonds. The average molecular weight is 233 g/mol. The Morgan fingerprint density at radius 3 is 3.00 bits per heavy atom. The first kappa shape index (κ1) is 10.3. The quantitative estimate of drug-likeness (QED) is 0.742. The predicted octanol–water partition coefficient (Wildman–Crippen LogP) is 3.15. The summed E-state index contributed by atoms with van der Waals surface area (Å²) in [4.78, 5) is 0. The first-order valence-corrected chi connectivity index (χ1v) is 5.80. The fourth-order valence-corrected chi connectivity index (χ4v) is 2.98. The van der Waals surface area contributed by atoms with E-state index in [1.807, 2.05) is 6.92 Å². The molecular weight excluding hydrogens is 223 g/mol. The zero-order chi connectivity index (χ0) is 10.3. The summed E-state index contributed by atoms with van der Waals surface area (Å²) >= 11 is 7.42. The van der Waals surface area contributed by atoms with Gasteiger partial charge < -0.3 is 5.11 Å². The van der Waals surface area contributed by atoms with E-state index in [2.05, 4.69) is 0 Å². The molecular formula is C10H10ClFOS. The Bertz CT molecular complexity index is 369. The number of fused-ring (bicyclic) bond motifs is 1. The molecule has 1 nitrogen and oxygen atoms in total. The van der Waals surface area contributed by atoms with Gasteiger partial charge in [-0.05, 0) is 17.2 Å². The zero-order valence-corrected chi connectivity index (χ0v) is 9.20. The Morgan fingerprint density at radius 2 is 2.29 bits per heavy atom. The number of aliphatic hydroxyl groups is 1. The lowest BCUT2D eigenvalue weighted by atomic mass is 10.0. The Hall–Kier alpha value is -0.250. The van der Waals surface area contributed by atoms with E-state index in [1.54, 1.807) is 17.8 Å². The van der Waals surface area contributed by atoms with Crippen molar-refractivity contribution < 1.29 is 9.50 Å². The van der Waals surface area contributed by atoms with Crippen LogP contribution in [0.2, 0.25) is 5.02 Å². The van der Waals surface area contributed by atoms with Gasteiger partial charge in [-0.25, -0.2) is 4.39 Å². The summed E-state index contributed by atoms with van der Waals surface area (Å²) in [5.41, 5.74) is 1.50. The van der Waals surface area contributed by atoms with Crippen molar-refractivity contribution in [2.75, 3.05) is 0 Å². The van der Waals surface area contributed by atoms with Crippen LogP contribution in [-0.4, -0.2) is 10.4 Å². The van der Waals surface area contributed by atoms with E-state index >= 15 is 0 Å². The number of halogens is 2. The number of aliphatic hydroxyl groups excluding tert-OH is 1. The van der Waals surface area contributed by atoms with Gasteiger partial charge >= 0.3 is 0 Å². The van der Waals surface area contributed by atoms with Gasteiger partial charge in [0, 0.05) is 11.0 Å². The number of rotatable bonds is 0. The third kappa shape index (κ3) is 1.53. The standard InChI is InChI=1S/C10H10ClFOS/c1-5-10(13)6-2-3-8(12)9(11)7(6)4-14-5/h2-3,5,10,13H,4H2,1H3. The van der Waals surface area contributed by atoms with Crippen molar-refractivity contribution in [1.29, 1.82) is 0 Å². The SMILES string of the molecule is CC1SCc2c(ccc(F)c2Cl)C1O. The summed E-state index contributed by atoms with van der Waals surface area (Å²) < 4.78 is 13.1. The van der Waals surface area contributed by atoms with E-state index in [9.17, 15) is 9.50 Å². The van der Waals surface area contributed by atoms with Crippen LogP contribution in [-0.2, 0) is 5.75 Å². The molecule has 2 rings (SSSR count). The van der Waals surface area contributed by atoms with E-state index in [-0.39, 0.29) is 10.3 Å². The molecule has 0 spiro atoms. The van der Waals surface area contributed by atoms with Crippen molar-refractivity contribution in [3.63, 3.8) is 0 Å². The molecule has 0 saturated carbocycles. The van der Waals surface area contributed by atoms with Crippen LogP contribution >= 0.6 is 23.4 Å². The zero-order valence-electron chi connectivity index (χ0n) is 7.63. The third-order valence-corrected chi connectivity index (χ3v) is 4.13. The predicted molar refractivity (Wildman–Crippen MR) is 57.1 cm³/mol. The van der Waals surface area contributed by atoms with Crippen LogP contribution in [0.4, 0.5) is 4.39 Å². The van der Waals surface area contributed by atoms with Gasteiger partial charge in [-0.3, -0.25) is 0 Å². The fraction of sp³-hybridized carbons (Fsp3) is 0.400. The Kier molecular flexibility index (Phi) is 2.73. The molecule has 0 fully saturated rings. The smallest absolute Gasteiger partial charge is 0.142 e. The van der Waals surface area contributed by atoms with Crippen LogP contribution in [0, 0.1) is 5.82 Å². The lowest BCUT2D eigenvalue weighted by Crippen LogP contribution is -2.18. The first-order chi connectivity index (χ1) is 6.61. The van der Waals surface area contributed by atoms with Crippen molar-refractivity contribution in [3.05, 3.63) is 34.1 Å². The molecule has 4 heteroatoms. The van der Waals surface area contributed by atoms with Crippen LogP contribution in [0.15, 0.2) is 12.1 Å². The minimum atomic E-state index is -0.540. The summed E-state index contributed by atoms with van der Waals surface area (Å²) in [6.07, 6.45) is -0.540. The lowest BCUT2D eigenvalue weighted by Gasteiger charge is -2.27. The molecule has 1 aliphatic heterocycles. The maximum Gasteiger partial charge on any atom is 0.142 e. The molecule has 1 aromatic carbocycles. The normalized spacial score (nSPS) is 26.0. The van der Waals surface area contributed by atoms with Crippen molar-refractivity contribution in [2.45, 2.75) is 24.0 Å². The summed E-state index contributed by atoms with van der Waals surface area (Å²) in [6, 6.07) is 2.94. The molecule has 14 heavy (non-hydrogen) atoms. The van der Waals surface area contributed by atoms with Gasteiger partial charge in [0.05, 0.1) is 11.1 Å². The molecule has 76 valence electrons. The van der Waals surface area contributed by atoms with Gasteiger partial charge in [0.25, 0.3) is 0 Å². The number of hydrogen-bond donors (Lipinski definition) is 1. The van der Waals surface area contributed by atoms with E-state index in [4.69, 9.17) is 11.6 Å². The fourth-order valence-electron chi connectivity index (χ4n) is 1.59. The second-order valence-electron chi connectivity index (χ2n) is 3.39. The molecule has 1 aromatic rings. The molecule has 2 unspecified atom stereocenters. The number of benzene rings is 1. The van der Waals surface area contributed by atoms with E-state index in [0.717, 1.165) is 11.1 Å². The Morgan fingerprint density at radius 1 is 1.57 bits per heavy atom. The molecule has 1 aliphatic rings. The van der Waals surface area contributed by atoms with Crippen molar-refractivity contribution in [2.24, 2.45) is 0 Å². The molecule has 0 bridgehead atoms. The molecule has 2 atom stereocenters. The second kappa shape index (κ2) is 3.72. The van der Waals surface area contributed by atoms with E-state index < -0.39 is 11.9 Å². The monoisotopic (exact) mass is 232 g/mol. The van der Waals surface area contributed by atoms with Crippen LogP contribution in [0.25, 0.3) is 0 Å². The summed E-state index contributed by atoms with van der Waals surface area (Å²) in [5, 5.41) is 10.1. The third-order valence-electron chi connectivity index (χ3n) is 2.49. The molecule has 0 aromatic heterocycles. The van der Waals surface area contributed by atoms with E-state index in [1.165, 1.54) is 6.07 Å². The van der Waals surface area contributed by atoms with Crippen molar-refractivity contribution >= 4 is 23.4 Å². The van der Waals surface area contributed by atoms with Crippen LogP contribution in [0.1, 0.15) is 24.2 Å². The van der Waals surface area contributed by atoms with Gasteiger partial charge in [-0.1, -0.05) is 24.6 Å². The highest BCUT2D eigenvalue weighted by molar-refractivity contribution is 7.99. The van der Waals surface area contributed by atoms with Gasteiger partial charge in [0.1, 0.15) is 5.82 Å². The molecule has 0 saturated heterocycles. The summed E-state index contributed by atoms with van der Waals surface area (Å²) in [5.74, 6) is 0.261. The molecule has 1 heterocycles. The van der Waals surface area contributed by atoms with Gasteiger partial charge in [0.15, 0.2) is 0 Å². The topological polar surface area (TPSA) is 20.2 Å². The van der Waals surface area contributed by atoms with Gasteiger partial charge in [0.2, 0.25) is 0 Å². The largest absolute Gasteiger partial charge is 0.387 e. The first-order valence-electron chi connectivity index (χ1n) is 4.37. The van der Waals surface area contributed by atoms with E-state index in [0.29, 0.717) is 5.75 Å². The highest BCUT2D eigenvalue weighted by atomic mass is 35.5. The van der Waals surface area contributed by atoms with Crippen molar-refractivity contribution in [3.8, 4) is 0 Å². The van der Waals surface area contributed by atoms with Gasteiger partial charge in [-0.2, -0.15) is 11.8 Å². The van der Waals surface area contributed by atoms with Gasteiger partial charge in [-0.15, -0.1) is 0 Å². The van der Waals surface area contributed by atoms with Crippen LogP contribution < -0.4 is 0 Å². The Labute approximate surface area is 91.3 Å². The van der Waals surface area contributed by atoms with Crippen LogP contribution in [0.5, 0.6) is 0 Å². The second-order valence-corrected chi connectivity index (χ2v) is 5.13. The minimum absolute atomic E-state index is 0.143. The number of thioether (sulfide) groups is 1. The highest BCUT2D eigenvalue weighted by Gasteiger charge is 2.27. The minimum Gasteiger partial charge on any atom is -0.387 e. The lowest BCUT2D eigenvalue weighted by molar-refractivity contribution is 0.177. The van der Waals surface area contributed by atoms with Crippen molar-refractivity contribution in [1.82, 2.24) is 0 Å². The Balaban J connectivity index is 2.53. The maximum absolute atomic E-state index is 13.1. The summed E-state index contributed by atoms with van der Waals surface area (Å²) in [7, 11) is 0. The molecule has 0 radical (unpaired) electrons. The summed E-state index contributed by atoms with van der Waals surface area (Å²) in [6.45, 7) is 1.95. The molecule has 0 aliphatic carbocycles. The molecule has 1 N–H and O–H groups in total. The highest BCUT2D eigenvalue weighted by Crippen LogP contribution is 2.40. The average Bonchev–Trinajstić information content (AvgIpc) is 2.17.